The minimum atomic E-state index is -0.853. The van der Waals surface area contributed by atoms with E-state index in [1.807, 2.05) is 0 Å². The van der Waals surface area contributed by atoms with Crippen LogP contribution in [0.1, 0.15) is 11.7 Å². The highest BCUT2D eigenvalue weighted by molar-refractivity contribution is 5.79. The number of hydroxylamine groups is 2. The lowest BCUT2D eigenvalue weighted by molar-refractivity contribution is -0.386. The van der Waals surface area contributed by atoms with E-state index in [2.05, 4.69) is 5.32 Å². The number of nitro benzene ring substituents is 1. The lowest BCUT2D eigenvalue weighted by atomic mass is 10.1. The van der Waals surface area contributed by atoms with Crippen LogP contribution in [0.5, 0.6) is 0 Å². The number of nitrogens with one attached hydrogen (secondary N) is 1. The maximum absolute atomic E-state index is 11.1. The molecule has 1 aromatic rings. The monoisotopic (exact) mass is 223 g/mol. The van der Waals surface area contributed by atoms with E-state index in [0.717, 1.165) is 0 Å². The molecular formula is C9H9N3O4. The first-order chi connectivity index (χ1) is 7.61. The molecule has 0 bridgehead atoms. The first kappa shape index (κ1) is 10.5. The Bertz CT molecular complexity index is 448. The van der Waals surface area contributed by atoms with Gasteiger partial charge in [-0.3, -0.25) is 25.4 Å². The molecule has 0 radical (unpaired) electrons. The van der Waals surface area contributed by atoms with Crippen LogP contribution in [0.25, 0.3) is 0 Å². The van der Waals surface area contributed by atoms with Gasteiger partial charge in [-0.1, -0.05) is 12.1 Å². The fourth-order valence-electron chi connectivity index (χ4n) is 1.62. The van der Waals surface area contributed by atoms with Gasteiger partial charge in [0.25, 0.3) is 11.6 Å². The summed E-state index contributed by atoms with van der Waals surface area (Å²) in [7, 11) is 0. The number of hydrogen-bond acceptors (Lipinski definition) is 5. The predicted molar refractivity (Wildman–Crippen MR) is 52.5 cm³/mol. The van der Waals surface area contributed by atoms with Gasteiger partial charge in [-0.05, 0) is 6.07 Å². The van der Waals surface area contributed by atoms with Crippen molar-refractivity contribution in [3.8, 4) is 0 Å². The van der Waals surface area contributed by atoms with Gasteiger partial charge in [-0.2, -0.15) is 0 Å². The third kappa shape index (κ3) is 1.62. The predicted octanol–water partition coefficient (Wildman–Crippen LogP) is 0.414. The average Bonchev–Trinajstić information content (AvgIpc) is 2.60. The first-order valence-electron chi connectivity index (χ1n) is 4.59. The maximum atomic E-state index is 11.1. The summed E-state index contributed by atoms with van der Waals surface area (Å²) in [4.78, 5) is 21.3. The van der Waals surface area contributed by atoms with E-state index in [4.69, 9.17) is 0 Å². The van der Waals surface area contributed by atoms with E-state index in [1.165, 1.54) is 18.2 Å². The van der Waals surface area contributed by atoms with Gasteiger partial charge >= 0.3 is 0 Å². The number of carbonyl (C=O) groups excluding carboxylic acids is 1. The number of para-hydroxylation sites is 1. The lowest BCUT2D eigenvalue weighted by Crippen LogP contribution is -2.27. The highest BCUT2D eigenvalue weighted by atomic mass is 16.6. The Morgan fingerprint density at radius 3 is 2.75 bits per heavy atom. The quantitative estimate of drug-likeness (QED) is 0.430. The molecule has 1 aliphatic heterocycles. The second-order valence-corrected chi connectivity index (χ2v) is 3.34. The van der Waals surface area contributed by atoms with Crippen molar-refractivity contribution in [2.45, 2.75) is 6.17 Å². The van der Waals surface area contributed by atoms with Crippen LogP contribution in [0.3, 0.4) is 0 Å². The smallest absolute Gasteiger partial charge is 0.276 e. The van der Waals surface area contributed by atoms with Crippen molar-refractivity contribution in [2.24, 2.45) is 0 Å². The Kier molecular flexibility index (Phi) is 2.55. The summed E-state index contributed by atoms with van der Waals surface area (Å²) in [6.45, 7) is -0.0345. The molecule has 2 N–H and O–H groups in total. The Morgan fingerprint density at radius 2 is 2.19 bits per heavy atom. The molecule has 1 aliphatic rings. The zero-order valence-electron chi connectivity index (χ0n) is 8.16. The average molecular weight is 223 g/mol. The van der Waals surface area contributed by atoms with Crippen LogP contribution >= 0.6 is 0 Å². The van der Waals surface area contributed by atoms with Crippen molar-refractivity contribution >= 4 is 11.6 Å². The molecule has 0 aliphatic carbocycles. The number of benzene rings is 1. The second-order valence-electron chi connectivity index (χ2n) is 3.34. The molecule has 1 fully saturated rings. The molecule has 1 aromatic carbocycles. The number of carbonyl (C=O) groups is 1. The van der Waals surface area contributed by atoms with E-state index in [-0.39, 0.29) is 17.8 Å². The topological polar surface area (TPSA) is 95.7 Å². The van der Waals surface area contributed by atoms with Gasteiger partial charge in [-0.25, -0.2) is 5.06 Å². The normalized spacial score (nSPS) is 20.2. The van der Waals surface area contributed by atoms with Gasteiger partial charge in [0.2, 0.25) is 0 Å². The van der Waals surface area contributed by atoms with E-state index in [0.29, 0.717) is 5.06 Å². The van der Waals surface area contributed by atoms with Crippen molar-refractivity contribution in [3.05, 3.63) is 39.9 Å². The van der Waals surface area contributed by atoms with Gasteiger partial charge in [0.05, 0.1) is 17.0 Å². The molecule has 0 saturated carbocycles. The molecule has 84 valence electrons. The molecule has 16 heavy (non-hydrogen) atoms. The SMILES string of the molecule is O=C1CN[C@@H](c2ccccc2[N+](=O)[O-])N1O. The number of hydrogen-bond donors (Lipinski definition) is 2. The van der Waals surface area contributed by atoms with Crippen molar-refractivity contribution in [1.29, 1.82) is 0 Å². The van der Waals surface area contributed by atoms with Crippen molar-refractivity contribution in [1.82, 2.24) is 10.4 Å². The molecule has 1 saturated heterocycles. The highest BCUT2D eigenvalue weighted by Gasteiger charge is 2.34. The van der Waals surface area contributed by atoms with Crippen molar-refractivity contribution in [3.63, 3.8) is 0 Å². The first-order valence-corrected chi connectivity index (χ1v) is 4.59. The van der Waals surface area contributed by atoms with Crippen LogP contribution in [-0.4, -0.2) is 27.6 Å². The van der Waals surface area contributed by atoms with Crippen LogP contribution in [-0.2, 0) is 4.79 Å². The van der Waals surface area contributed by atoms with Crippen LogP contribution < -0.4 is 5.32 Å². The van der Waals surface area contributed by atoms with Gasteiger partial charge in [-0.15, -0.1) is 0 Å². The third-order valence-electron chi connectivity index (χ3n) is 2.37. The number of nitrogens with zero attached hydrogens (tertiary/aromatic N) is 2. The molecule has 0 aromatic heterocycles. The van der Waals surface area contributed by atoms with E-state index < -0.39 is 17.0 Å². The maximum Gasteiger partial charge on any atom is 0.276 e. The fraction of sp³-hybridized carbons (Fsp3) is 0.222. The fourth-order valence-corrected chi connectivity index (χ4v) is 1.62. The molecule has 1 heterocycles. The second kappa shape index (κ2) is 3.87. The molecular weight excluding hydrogens is 214 g/mol. The van der Waals surface area contributed by atoms with Crippen molar-refractivity contribution < 1.29 is 14.9 Å². The molecule has 0 spiro atoms. The standard InChI is InChI=1S/C9H9N3O4/c13-8-5-10-9(11(8)14)6-3-1-2-4-7(6)12(15)16/h1-4,9-10,14H,5H2/t9-/m1/s1. The Labute approximate surface area is 90.4 Å². The molecule has 7 nitrogen and oxygen atoms in total. The molecule has 0 unspecified atom stereocenters. The summed E-state index contributed by atoms with van der Waals surface area (Å²) in [5.74, 6) is -0.511. The Balaban J connectivity index is 2.41. The van der Waals surface area contributed by atoms with Crippen molar-refractivity contribution in [2.75, 3.05) is 6.54 Å². The van der Waals surface area contributed by atoms with E-state index in [9.17, 15) is 20.1 Å². The summed E-state index contributed by atoms with van der Waals surface area (Å²) >= 11 is 0. The minimum absolute atomic E-state index is 0.0345. The van der Waals surface area contributed by atoms with Gasteiger partial charge in [0.15, 0.2) is 0 Å². The van der Waals surface area contributed by atoms with Crippen LogP contribution in [0.15, 0.2) is 24.3 Å². The summed E-state index contributed by atoms with van der Waals surface area (Å²) < 4.78 is 0. The number of amides is 1. The number of nitro groups is 1. The third-order valence-corrected chi connectivity index (χ3v) is 2.37. The Morgan fingerprint density at radius 1 is 1.50 bits per heavy atom. The lowest BCUT2D eigenvalue weighted by Gasteiger charge is -2.17. The zero-order chi connectivity index (χ0) is 11.7. The van der Waals surface area contributed by atoms with E-state index in [1.54, 1.807) is 6.07 Å². The Hall–Kier alpha value is -1.99. The van der Waals surface area contributed by atoms with Gasteiger partial charge in [0.1, 0.15) is 6.17 Å². The van der Waals surface area contributed by atoms with E-state index >= 15 is 0 Å². The summed E-state index contributed by atoms with van der Waals surface area (Å²) in [5, 5.41) is 23.3. The molecule has 7 heteroatoms. The zero-order valence-corrected chi connectivity index (χ0v) is 8.16. The highest BCUT2D eigenvalue weighted by Crippen LogP contribution is 2.28. The molecule has 1 amide bonds. The minimum Gasteiger partial charge on any atom is -0.284 e. The number of rotatable bonds is 2. The summed E-state index contributed by atoms with van der Waals surface area (Å²) in [6.07, 6.45) is -0.853. The molecule has 1 atom stereocenters. The van der Waals surface area contributed by atoms with Crippen LogP contribution in [0.2, 0.25) is 0 Å². The molecule has 2 rings (SSSR count). The van der Waals surface area contributed by atoms with Gasteiger partial charge in [0, 0.05) is 6.07 Å². The van der Waals surface area contributed by atoms with Crippen LogP contribution in [0, 0.1) is 10.1 Å². The van der Waals surface area contributed by atoms with Crippen LogP contribution in [0.4, 0.5) is 5.69 Å². The largest absolute Gasteiger partial charge is 0.284 e. The van der Waals surface area contributed by atoms with Gasteiger partial charge < -0.3 is 0 Å². The summed E-state index contributed by atoms with van der Waals surface area (Å²) in [5.41, 5.74) is 0.134. The summed E-state index contributed by atoms with van der Waals surface area (Å²) in [6, 6.07) is 5.96.